The third kappa shape index (κ3) is 5.32. The minimum Gasteiger partial charge on any atom is -0.508 e. The highest BCUT2D eigenvalue weighted by Crippen LogP contribution is 2.46. The Kier molecular flexibility index (Phi) is 7.48. The van der Waals surface area contributed by atoms with Crippen molar-refractivity contribution in [3.63, 3.8) is 0 Å². The summed E-state index contributed by atoms with van der Waals surface area (Å²) in [5.74, 6) is 0.603. The first-order valence-corrected chi connectivity index (χ1v) is 15.0. The quantitative estimate of drug-likeness (QED) is 0.173. The van der Waals surface area contributed by atoms with Gasteiger partial charge in [-0.25, -0.2) is 9.37 Å². The zero-order valence-electron chi connectivity index (χ0n) is 23.7. The molecule has 8 heteroatoms. The number of phenolic OH excluding ortho intramolecular Hbond substituents is 1. The van der Waals surface area contributed by atoms with E-state index in [1.54, 1.807) is 18.2 Å². The summed E-state index contributed by atoms with van der Waals surface area (Å²) in [6, 6.07) is 17.9. The van der Waals surface area contributed by atoms with Crippen molar-refractivity contribution in [1.82, 2.24) is 14.8 Å². The maximum absolute atomic E-state index is 14.6. The first-order chi connectivity index (χ1) is 20.6. The van der Waals surface area contributed by atoms with Crippen LogP contribution in [0.2, 0.25) is 0 Å². The normalized spacial score (nSPS) is 17.7. The number of pyridine rings is 1. The number of fused-ring (bicyclic) bond motifs is 5. The standard InChI is InChI=1S/C34H35FN4O3/c35-24-7-12-30-29(21-24)32-31(33(36-30)23-5-9-26(10-6-23)41-19-17-38-13-1-2-14-38)27-11-8-25(40)22-28(27)34(32)37-42-20-18-39-15-3-4-16-39/h5-12,21-22,40H,1-4,13-20H2/b37-34+. The van der Waals surface area contributed by atoms with Gasteiger partial charge in [0.15, 0.2) is 0 Å². The van der Waals surface area contributed by atoms with E-state index in [-0.39, 0.29) is 11.6 Å². The van der Waals surface area contributed by atoms with Gasteiger partial charge < -0.3 is 14.7 Å². The molecule has 0 bridgehead atoms. The van der Waals surface area contributed by atoms with Gasteiger partial charge >= 0.3 is 0 Å². The molecule has 0 atom stereocenters. The summed E-state index contributed by atoms with van der Waals surface area (Å²) in [4.78, 5) is 15.7. The Hall–Kier alpha value is -4.01. The lowest BCUT2D eigenvalue weighted by Gasteiger charge is -2.15. The van der Waals surface area contributed by atoms with Crippen LogP contribution in [0.25, 0.3) is 33.3 Å². The van der Waals surface area contributed by atoms with E-state index in [0.717, 1.165) is 78.5 Å². The lowest BCUT2D eigenvalue weighted by atomic mass is 9.96. The lowest BCUT2D eigenvalue weighted by Crippen LogP contribution is -2.25. The molecule has 0 spiro atoms. The van der Waals surface area contributed by atoms with E-state index >= 15 is 0 Å². The molecular formula is C34H35FN4O3. The summed E-state index contributed by atoms with van der Waals surface area (Å²) in [6.07, 6.45) is 4.97. The van der Waals surface area contributed by atoms with Crippen molar-refractivity contribution in [3.8, 4) is 33.9 Å². The number of likely N-dealkylation sites (tertiary alicyclic amines) is 2. The van der Waals surface area contributed by atoms with Gasteiger partial charge in [-0.15, -0.1) is 0 Å². The number of ether oxygens (including phenoxy) is 1. The minimum absolute atomic E-state index is 0.131. The topological polar surface area (TPSA) is 70.4 Å². The summed E-state index contributed by atoms with van der Waals surface area (Å²) >= 11 is 0. The number of rotatable bonds is 9. The fraction of sp³-hybridized carbons (Fsp3) is 0.353. The van der Waals surface area contributed by atoms with Crippen LogP contribution in [0.1, 0.15) is 36.8 Å². The van der Waals surface area contributed by atoms with Crippen molar-refractivity contribution in [2.75, 3.05) is 52.5 Å². The predicted octanol–water partition coefficient (Wildman–Crippen LogP) is 6.07. The third-order valence-corrected chi connectivity index (χ3v) is 8.57. The van der Waals surface area contributed by atoms with Gasteiger partial charge in [0.1, 0.15) is 36.2 Å². The molecule has 2 saturated heterocycles. The zero-order valence-corrected chi connectivity index (χ0v) is 23.7. The first-order valence-electron chi connectivity index (χ1n) is 15.0. The molecule has 0 unspecified atom stereocenters. The molecule has 0 radical (unpaired) electrons. The Bertz CT molecular complexity index is 1630. The van der Waals surface area contributed by atoms with E-state index < -0.39 is 0 Å². The van der Waals surface area contributed by atoms with Gasteiger partial charge in [0.05, 0.1) is 11.2 Å². The monoisotopic (exact) mass is 566 g/mol. The fourth-order valence-corrected chi connectivity index (χ4v) is 6.42. The number of aromatic nitrogens is 1. The van der Waals surface area contributed by atoms with E-state index in [2.05, 4.69) is 15.0 Å². The van der Waals surface area contributed by atoms with Gasteiger partial charge in [-0.1, -0.05) is 5.16 Å². The zero-order chi connectivity index (χ0) is 28.5. The van der Waals surface area contributed by atoms with Crippen molar-refractivity contribution in [3.05, 3.63) is 77.6 Å². The summed E-state index contributed by atoms with van der Waals surface area (Å²) in [5, 5.41) is 15.7. The highest BCUT2D eigenvalue weighted by atomic mass is 19.1. The van der Waals surface area contributed by atoms with Crippen LogP contribution in [-0.2, 0) is 4.84 Å². The number of benzene rings is 3. The van der Waals surface area contributed by atoms with E-state index in [0.29, 0.717) is 29.8 Å². The molecule has 3 aliphatic rings. The molecule has 1 aromatic heterocycles. The second kappa shape index (κ2) is 11.7. The van der Waals surface area contributed by atoms with E-state index in [1.165, 1.54) is 37.8 Å². The van der Waals surface area contributed by atoms with Gasteiger partial charge in [0, 0.05) is 40.7 Å². The Labute approximate surface area is 245 Å². The summed E-state index contributed by atoms with van der Waals surface area (Å²) in [6.45, 7) is 7.32. The predicted molar refractivity (Wildman–Crippen MR) is 163 cm³/mol. The second-order valence-corrected chi connectivity index (χ2v) is 11.3. The van der Waals surface area contributed by atoms with Crippen molar-refractivity contribution >= 4 is 16.6 Å². The maximum atomic E-state index is 14.6. The van der Waals surface area contributed by atoms with Crippen LogP contribution >= 0.6 is 0 Å². The molecule has 1 N–H and O–H groups in total. The number of hydrogen-bond acceptors (Lipinski definition) is 7. The van der Waals surface area contributed by atoms with Crippen LogP contribution < -0.4 is 4.74 Å². The molecule has 4 aromatic rings. The average molecular weight is 567 g/mol. The van der Waals surface area contributed by atoms with Gasteiger partial charge in [-0.2, -0.15) is 0 Å². The van der Waals surface area contributed by atoms with E-state index in [1.807, 2.05) is 30.3 Å². The van der Waals surface area contributed by atoms with Gasteiger partial charge in [-0.3, -0.25) is 9.80 Å². The SMILES string of the molecule is Oc1ccc2c(c1)/C(=N\OCCN1CCCC1)c1c-2c(-c2ccc(OCCN3CCCC3)cc2)nc2ccc(F)cc12. The highest BCUT2D eigenvalue weighted by molar-refractivity contribution is 6.31. The number of oxime groups is 1. The second-order valence-electron chi connectivity index (χ2n) is 11.3. The lowest BCUT2D eigenvalue weighted by molar-refractivity contribution is 0.119. The number of nitrogens with zero attached hydrogens (tertiary/aromatic N) is 4. The van der Waals surface area contributed by atoms with Crippen molar-refractivity contribution in [1.29, 1.82) is 0 Å². The molecule has 42 heavy (non-hydrogen) atoms. The van der Waals surface area contributed by atoms with E-state index in [9.17, 15) is 9.50 Å². The van der Waals surface area contributed by atoms with Crippen LogP contribution in [0.3, 0.4) is 0 Å². The van der Waals surface area contributed by atoms with Crippen LogP contribution in [0.15, 0.2) is 65.8 Å². The first kappa shape index (κ1) is 26.9. The van der Waals surface area contributed by atoms with E-state index in [4.69, 9.17) is 14.6 Å². The van der Waals surface area contributed by atoms with Gasteiger partial charge in [0.25, 0.3) is 0 Å². The fourth-order valence-electron chi connectivity index (χ4n) is 6.42. The van der Waals surface area contributed by atoms with Crippen LogP contribution in [-0.4, -0.2) is 78.1 Å². The molecule has 0 amide bonds. The van der Waals surface area contributed by atoms with Crippen LogP contribution in [0.5, 0.6) is 11.5 Å². The average Bonchev–Trinajstić information content (AvgIpc) is 3.77. The largest absolute Gasteiger partial charge is 0.508 e. The van der Waals surface area contributed by atoms with Gasteiger partial charge in [0.2, 0.25) is 0 Å². The maximum Gasteiger partial charge on any atom is 0.129 e. The molecule has 3 aromatic carbocycles. The molecule has 2 aliphatic heterocycles. The molecule has 216 valence electrons. The molecular weight excluding hydrogens is 531 g/mol. The minimum atomic E-state index is -0.345. The van der Waals surface area contributed by atoms with Crippen molar-refractivity contribution in [2.24, 2.45) is 5.16 Å². The molecule has 7 nitrogen and oxygen atoms in total. The Balaban J connectivity index is 1.26. The van der Waals surface area contributed by atoms with Crippen molar-refractivity contribution < 1.29 is 19.1 Å². The summed E-state index contributed by atoms with van der Waals surface area (Å²) in [7, 11) is 0. The molecule has 7 rings (SSSR count). The number of halogens is 1. The van der Waals surface area contributed by atoms with Crippen LogP contribution in [0.4, 0.5) is 4.39 Å². The summed E-state index contributed by atoms with van der Waals surface area (Å²) in [5.41, 5.74) is 6.17. The Morgan fingerprint density at radius 2 is 1.50 bits per heavy atom. The number of phenols is 1. The molecule has 1 aliphatic carbocycles. The third-order valence-electron chi connectivity index (χ3n) is 8.57. The molecule has 2 fully saturated rings. The smallest absolute Gasteiger partial charge is 0.129 e. The highest BCUT2D eigenvalue weighted by Gasteiger charge is 2.32. The van der Waals surface area contributed by atoms with Crippen LogP contribution in [0, 0.1) is 5.82 Å². The molecule has 3 heterocycles. The summed E-state index contributed by atoms with van der Waals surface area (Å²) < 4.78 is 20.7. The molecule has 0 saturated carbocycles. The Morgan fingerprint density at radius 3 is 2.24 bits per heavy atom. The number of hydrogen-bond donors (Lipinski definition) is 1. The van der Waals surface area contributed by atoms with Gasteiger partial charge in [-0.05, 0) is 118 Å². The Morgan fingerprint density at radius 1 is 0.786 bits per heavy atom. The number of aromatic hydroxyl groups is 1. The van der Waals surface area contributed by atoms with Crippen molar-refractivity contribution in [2.45, 2.75) is 25.7 Å².